The quantitative estimate of drug-likeness (QED) is 0.506. The van der Waals surface area contributed by atoms with E-state index in [0.29, 0.717) is 11.5 Å². The summed E-state index contributed by atoms with van der Waals surface area (Å²) in [5, 5.41) is 18.7. The van der Waals surface area contributed by atoms with Crippen molar-refractivity contribution < 1.29 is 4.92 Å². The highest BCUT2D eigenvalue weighted by Crippen LogP contribution is 2.26. The van der Waals surface area contributed by atoms with Gasteiger partial charge in [-0.25, -0.2) is 0 Å². The van der Waals surface area contributed by atoms with Crippen LogP contribution in [-0.4, -0.2) is 9.91 Å². The van der Waals surface area contributed by atoms with Crippen molar-refractivity contribution in [2.45, 2.75) is 20.8 Å². The summed E-state index contributed by atoms with van der Waals surface area (Å²) in [6.07, 6.45) is 0. The van der Waals surface area contributed by atoms with E-state index < -0.39 is 4.92 Å². The summed E-state index contributed by atoms with van der Waals surface area (Å²) in [6.45, 7) is 5.97. The molecule has 0 atom stereocenters. The summed E-state index contributed by atoms with van der Waals surface area (Å²) in [6, 6.07) is 5.96. The second-order valence-corrected chi connectivity index (χ2v) is 4.32. The molecule has 0 aliphatic carbocycles. The van der Waals surface area contributed by atoms with Gasteiger partial charge < -0.3 is 4.98 Å². The van der Waals surface area contributed by atoms with Crippen molar-refractivity contribution in [2.75, 3.05) is 0 Å². The minimum absolute atomic E-state index is 0.0432. The summed E-state index contributed by atoms with van der Waals surface area (Å²) < 4.78 is 0. The van der Waals surface area contributed by atoms with Crippen LogP contribution in [0.2, 0.25) is 0 Å². The maximum atomic E-state index is 10.5. The molecule has 6 heteroatoms. The maximum absolute atomic E-state index is 10.5. The van der Waals surface area contributed by atoms with Crippen LogP contribution in [0.3, 0.4) is 0 Å². The van der Waals surface area contributed by atoms with Gasteiger partial charge in [0.1, 0.15) is 0 Å². The summed E-state index contributed by atoms with van der Waals surface area (Å²) in [5.41, 5.74) is 3.91. The van der Waals surface area contributed by atoms with Crippen LogP contribution in [0.25, 0.3) is 0 Å². The Labute approximate surface area is 110 Å². The number of nitro groups is 1. The topological polar surface area (TPSA) is 83.6 Å². The number of non-ortho nitro benzene ring substituents is 1. The molecule has 0 aliphatic rings. The van der Waals surface area contributed by atoms with Crippen molar-refractivity contribution in [3.8, 4) is 0 Å². The predicted octanol–water partition coefficient (Wildman–Crippen LogP) is 4.26. The monoisotopic (exact) mass is 258 g/mol. The third kappa shape index (κ3) is 2.67. The number of nitrogens with one attached hydrogen (secondary N) is 1. The molecule has 1 aromatic carbocycles. The van der Waals surface area contributed by atoms with Gasteiger partial charge in [0.2, 0.25) is 0 Å². The fourth-order valence-electron chi connectivity index (χ4n) is 1.67. The van der Waals surface area contributed by atoms with Crippen LogP contribution < -0.4 is 0 Å². The van der Waals surface area contributed by atoms with Gasteiger partial charge in [-0.1, -0.05) is 0 Å². The van der Waals surface area contributed by atoms with Gasteiger partial charge in [-0.3, -0.25) is 10.1 Å². The minimum Gasteiger partial charge on any atom is -0.342 e. The molecule has 0 spiro atoms. The average molecular weight is 258 g/mol. The SMILES string of the molecule is Cc1[nH]c(N=Nc2ccc([N+](=O)[O-])cc2)c(C)c1C. The van der Waals surface area contributed by atoms with Crippen molar-refractivity contribution >= 4 is 17.2 Å². The fourth-order valence-corrected chi connectivity index (χ4v) is 1.67. The number of nitrogens with zero attached hydrogens (tertiary/aromatic N) is 3. The van der Waals surface area contributed by atoms with Gasteiger partial charge >= 0.3 is 0 Å². The number of rotatable bonds is 3. The van der Waals surface area contributed by atoms with Gasteiger partial charge in [-0.15, -0.1) is 10.2 Å². The second kappa shape index (κ2) is 5.01. The maximum Gasteiger partial charge on any atom is 0.269 e. The van der Waals surface area contributed by atoms with Crippen molar-refractivity contribution in [3.63, 3.8) is 0 Å². The zero-order valence-corrected chi connectivity index (χ0v) is 11.0. The van der Waals surface area contributed by atoms with E-state index in [4.69, 9.17) is 0 Å². The van der Waals surface area contributed by atoms with Crippen LogP contribution in [0.4, 0.5) is 17.2 Å². The number of hydrogen-bond donors (Lipinski definition) is 1. The van der Waals surface area contributed by atoms with E-state index in [1.54, 1.807) is 12.1 Å². The third-order valence-electron chi connectivity index (χ3n) is 3.11. The lowest BCUT2D eigenvalue weighted by Crippen LogP contribution is -1.85. The lowest BCUT2D eigenvalue weighted by Gasteiger charge is -1.93. The second-order valence-electron chi connectivity index (χ2n) is 4.32. The molecule has 98 valence electrons. The van der Waals surface area contributed by atoms with Gasteiger partial charge in [0.25, 0.3) is 5.69 Å². The number of hydrogen-bond acceptors (Lipinski definition) is 4. The van der Waals surface area contributed by atoms with Gasteiger partial charge in [0.05, 0.1) is 10.6 Å². The number of aromatic amines is 1. The van der Waals surface area contributed by atoms with E-state index in [1.807, 2.05) is 20.8 Å². The molecule has 1 aromatic heterocycles. The number of aromatic nitrogens is 1. The molecule has 0 saturated heterocycles. The summed E-state index contributed by atoms with van der Waals surface area (Å²) in [4.78, 5) is 13.2. The largest absolute Gasteiger partial charge is 0.342 e. The molecule has 0 amide bonds. The van der Waals surface area contributed by atoms with Crippen molar-refractivity contribution in [1.29, 1.82) is 0 Å². The molecule has 2 aromatic rings. The van der Waals surface area contributed by atoms with Gasteiger partial charge in [-0.2, -0.15) is 0 Å². The zero-order valence-electron chi connectivity index (χ0n) is 11.0. The Morgan fingerprint density at radius 3 is 2.16 bits per heavy atom. The number of aryl methyl sites for hydroxylation is 1. The highest BCUT2D eigenvalue weighted by molar-refractivity contribution is 5.48. The van der Waals surface area contributed by atoms with Crippen LogP contribution in [-0.2, 0) is 0 Å². The molecule has 6 nitrogen and oxygen atoms in total. The molecule has 0 aliphatic heterocycles. The first kappa shape index (κ1) is 12.9. The van der Waals surface area contributed by atoms with Gasteiger partial charge in [0.15, 0.2) is 5.82 Å². The van der Waals surface area contributed by atoms with Gasteiger partial charge in [-0.05, 0) is 44.0 Å². The molecule has 1 heterocycles. The number of benzene rings is 1. The van der Waals surface area contributed by atoms with Crippen molar-refractivity contribution in [2.24, 2.45) is 10.2 Å². The van der Waals surface area contributed by atoms with Crippen molar-refractivity contribution in [1.82, 2.24) is 4.98 Å². The molecule has 19 heavy (non-hydrogen) atoms. The molecular formula is C13H14N4O2. The predicted molar refractivity (Wildman–Crippen MR) is 72.3 cm³/mol. The van der Waals surface area contributed by atoms with E-state index >= 15 is 0 Å². The molecule has 2 rings (SSSR count). The number of nitro benzene ring substituents is 1. The zero-order chi connectivity index (χ0) is 14.0. The van der Waals surface area contributed by atoms with Crippen LogP contribution >= 0.6 is 0 Å². The van der Waals surface area contributed by atoms with E-state index in [2.05, 4.69) is 15.2 Å². The Hall–Kier alpha value is -2.50. The normalized spacial score (nSPS) is 11.1. The summed E-state index contributed by atoms with van der Waals surface area (Å²) >= 11 is 0. The van der Waals surface area contributed by atoms with E-state index in [0.717, 1.165) is 16.8 Å². The Balaban J connectivity index is 2.22. The lowest BCUT2D eigenvalue weighted by molar-refractivity contribution is -0.384. The van der Waals surface area contributed by atoms with E-state index in [9.17, 15) is 10.1 Å². The summed E-state index contributed by atoms with van der Waals surface area (Å²) in [7, 11) is 0. The van der Waals surface area contributed by atoms with E-state index in [-0.39, 0.29) is 5.69 Å². The highest BCUT2D eigenvalue weighted by Gasteiger charge is 2.07. The molecule has 0 fully saturated rings. The minimum atomic E-state index is -0.442. The molecule has 0 bridgehead atoms. The number of H-pyrrole nitrogens is 1. The Morgan fingerprint density at radius 2 is 1.68 bits per heavy atom. The summed E-state index contributed by atoms with van der Waals surface area (Å²) in [5.74, 6) is 0.716. The molecule has 0 unspecified atom stereocenters. The smallest absolute Gasteiger partial charge is 0.269 e. The lowest BCUT2D eigenvalue weighted by atomic mass is 10.2. The fraction of sp³-hybridized carbons (Fsp3) is 0.231. The Morgan fingerprint density at radius 1 is 1.05 bits per heavy atom. The first-order chi connectivity index (χ1) is 8.99. The van der Waals surface area contributed by atoms with E-state index in [1.165, 1.54) is 12.1 Å². The van der Waals surface area contributed by atoms with Crippen LogP contribution in [0.15, 0.2) is 34.5 Å². The molecule has 0 radical (unpaired) electrons. The molecular weight excluding hydrogens is 244 g/mol. The Bertz CT molecular complexity index is 641. The first-order valence-corrected chi connectivity index (χ1v) is 5.81. The van der Waals surface area contributed by atoms with Crippen LogP contribution in [0, 0.1) is 30.9 Å². The standard InChI is InChI=1S/C13H14N4O2/c1-8-9(2)13(14-10(8)3)16-15-11-4-6-12(7-5-11)17(18)19/h4-7,14H,1-3H3. The average Bonchev–Trinajstić information content (AvgIpc) is 2.64. The van der Waals surface area contributed by atoms with Gasteiger partial charge in [0, 0.05) is 17.8 Å². The Kier molecular flexibility index (Phi) is 3.41. The third-order valence-corrected chi connectivity index (χ3v) is 3.11. The first-order valence-electron chi connectivity index (χ1n) is 5.81. The molecule has 1 N–H and O–H groups in total. The highest BCUT2D eigenvalue weighted by atomic mass is 16.6. The van der Waals surface area contributed by atoms with Crippen molar-refractivity contribution in [3.05, 3.63) is 51.2 Å². The number of azo groups is 1. The van der Waals surface area contributed by atoms with Crippen LogP contribution in [0.1, 0.15) is 16.8 Å². The van der Waals surface area contributed by atoms with Crippen LogP contribution in [0.5, 0.6) is 0 Å². The molecule has 0 saturated carbocycles.